The van der Waals surface area contributed by atoms with Crippen molar-refractivity contribution in [3.05, 3.63) is 53.6 Å². The number of phenols is 1. The van der Waals surface area contributed by atoms with Crippen LogP contribution in [0.5, 0.6) is 5.75 Å². The maximum atomic E-state index is 13.5. The molecular formula is C21H27F2NO8. The Morgan fingerprint density at radius 1 is 0.969 bits per heavy atom. The van der Waals surface area contributed by atoms with E-state index >= 15 is 0 Å². The molecule has 2 aromatic carbocycles. The van der Waals surface area contributed by atoms with E-state index in [0.29, 0.717) is 6.07 Å². The van der Waals surface area contributed by atoms with E-state index in [-0.39, 0.29) is 23.2 Å². The highest BCUT2D eigenvalue weighted by Gasteiger charge is 2.30. The van der Waals surface area contributed by atoms with Crippen molar-refractivity contribution in [1.82, 2.24) is 4.90 Å². The van der Waals surface area contributed by atoms with E-state index in [0.717, 1.165) is 18.2 Å². The van der Waals surface area contributed by atoms with Gasteiger partial charge >= 0.3 is 5.97 Å². The summed E-state index contributed by atoms with van der Waals surface area (Å²) in [6.45, 7) is -0.497. The molecule has 0 aliphatic heterocycles. The number of nitrogens with zero attached hydrogens (tertiary/aromatic N) is 1. The Morgan fingerprint density at radius 2 is 1.56 bits per heavy atom. The number of carbonyl (C=O) groups is 1. The first-order valence-corrected chi connectivity index (χ1v) is 9.38. The molecule has 32 heavy (non-hydrogen) atoms. The van der Waals surface area contributed by atoms with Crippen LogP contribution in [0.25, 0.3) is 11.1 Å². The predicted molar refractivity (Wildman–Crippen MR) is 110 cm³/mol. The van der Waals surface area contributed by atoms with Gasteiger partial charge in [0.2, 0.25) is 0 Å². The van der Waals surface area contributed by atoms with E-state index in [1.807, 2.05) is 0 Å². The van der Waals surface area contributed by atoms with Gasteiger partial charge in [-0.3, -0.25) is 0 Å². The molecular weight excluding hydrogens is 432 g/mol. The van der Waals surface area contributed by atoms with Gasteiger partial charge in [-0.2, -0.15) is 0 Å². The molecule has 7 N–H and O–H groups in total. The van der Waals surface area contributed by atoms with Gasteiger partial charge in [0.1, 0.15) is 41.3 Å². The summed E-state index contributed by atoms with van der Waals surface area (Å²) in [5.74, 6) is -3.24. The number of rotatable bonds is 8. The first-order chi connectivity index (χ1) is 14.9. The molecule has 0 aliphatic carbocycles. The number of carboxylic acid groups (broad SMARTS) is 1. The lowest BCUT2D eigenvalue weighted by atomic mass is 10.0. The minimum atomic E-state index is -1.55. The van der Waals surface area contributed by atoms with Crippen molar-refractivity contribution < 1.29 is 49.3 Å². The fraction of sp³-hybridized carbons (Fsp3) is 0.381. The summed E-state index contributed by atoms with van der Waals surface area (Å²) in [5, 5.41) is 63.6. The third-order valence-electron chi connectivity index (χ3n) is 4.35. The quantitative estimate of drug-likeness (QED) is 0.288. The van der Waals surface area contributed by atoms with E-state index in [4.69, 9.17) is 15.3 Å². The van der Waals surface area contributed by atoms with Gasteiger partial charge in [0.25, 0.3) is 0 Å². The largest absolute Gasteiger partial charge is 0.507 e. The number of hydrogen-bond acceptors (Lipinski definition) is 8. The summed E-state index contributed by atoms with van der Waals surface area (Å²) in [7, 11) is 3.40. The summed E-state index contributed by atoms with van der Waals surface area (Å²) < 4.78 is 26.3. The number of benzene rings is 2. The highest BCUT2D eigenvalue weighted by atomic mass is 19.1. The molecule has 0 saturated carbocycles. The minimum absolute atomic E-state index is 0.0684. The molecule has 0 radical (unpaired) electrons. The predicted octanol–water partition coefficient (Wildman–Crippen LogP) is 0.0195. The molecule has 4 atom stereocenters. The fourth-order valence-corrected chi connectivity index (χ4v) is 2.64. The maximum Gasteiger partial charge on any atom is 0.339 e. The van der Waals surface area contributed by atoms with Crippen LogP contribution in [0.1, 0.15) is 10.4 Å². The van der Waals surface area contributed by atoms with Crippen molar-refractivity contribution in [2.24, 2.45) is 0 Å². The van der Waals surface area contributed by atoms with Gasteiger partial charge < -0.3 is 40.6 Å². The van der Waals surface area contributed by atoms with Crippen LogP contribution in [-0.4, -0.2) is 98.3 Å². The van der Waals surface area contributed by atoms with Crippen molar-refractivity contribution in [3.8, 4) is 16.9 Å². The van der Waals surface area contributed by atoms with Gasteiger partial charge in [-0.25, -0.2) is 13.6 Å². The Morgan fingerprint density at radius 3 is 2.06 bits per heavy atom. The lowest BCUT2D eigenvalue weighted by Gasteiger charge is -2.27. The van der Waals surface area contributed by atoms with Crippen molar-refractivity contribution in [2.45, 2.75) is 24.4 Å². The number of aromatic hydroxyl groups is 1. The highest BCUT2D eigenvalue weighted by Crippen LogP contribution is 2.28. The van der Waals surface area contributed by atoms with Crippen LogP contribution in [0.15, 0.2) is 36.4 Å². The number of aliphatic hydroxyl groups is 5. The molecule has 9 nitrogen and oxygen atoms in total. The van der Waals surface area contributed by atoms with Crippen LogP contribution < -0.4 is 0 Å². The summed E-state index contributed by atoms with van der Waals surface area (Å²) in [6.07, 6.45) is -5.63. The average Bonchev–Trinajstić information content (AvgIpc) is 2.72. The molecule has 0 spiro atoms. The topological polar surface area (TPSA) is 162 Å². The van der Waals surface area contributed by atoms with Crippen LogP contribution in [0.4, 0.5) is 8.78 Å². The van der Waals surface area contributed by atoms with Crippen LogP contribution in [-0.2, 0) is 0 Å². The number of aliphatic hydroxyl groups excluding tert-OH is 5. The van der Waals surface area contributed by atoms with Gasteiger partial charge in [-0.1, -0.05) is 6.07 Å². The molecule has 0 aliphatic rings. The standard InChI is InChI=1S/C13H8F2O3.C8H19NO5/c14-8-2-3-9(11(15)6-8)7-1-4-12(16)10(5-7)13(17)18;1-9(2)3-5(11)7(13)8(14)6(12)4-10/h1-6,16H,(H,17,18);5-8,10-14H,3-4H2,1-2H3/t;5-,6+,7+,8+/m.0/s1. The monoisotopic (exact) mass is 459 g/mol. The molecule has 0 aromatic heterocycles. The zero-order valence-corrected chi connectivity index (χ0v) is 17.4. The zero-order chi connectivity index (χ0) is 24.6. The number of hydrogen-bond donors (Lipinski definition) is 7. The van der Waals surface area contributed by atoms with Crippen molar-refractivity contribution in [1.29, 1.82) is 0 Å². The Bertz CT molecular complexity index is 896. The molecule has 0 saturated heterocycles. The minimum Gasteiger partial charge on any atom is -0.507 e. The third kappa shape index (κ3) is 7.79. The summed E-state index contributed by atoms with van der Waals surface area (Å²) in [6, 6.07) is 6.64. The summed E-state index contributed by atoms with van der Waals surface area (Å²) in [5.41, 5.74) is -0.0159. The number of aromatic carboxylic acids is 1. The fourth-order valence-electron chi connectivity index (χ4n) is 2.64. The second-order valence-electron chi connectivity index (χ2n) is 7.22. The third-order valence-corrected chi connectivity index (χ3v) is 4.35. The molecule has 0 heterocycles. The Hall–Kier alpha value is -2.67. The second-order valence-corrected chi connectivity index (χ2v) is 7.22. The zero-order valence-electron chi connectivity index (χ0n) is 17.4. The number of carboxylic acids is 1. The van der Waals surface area contributed by atoms with Gasteiger partial charge in [-0.15, -0.1) is 0 Å². The van der Waals surface area contributed by atoms with E-state index < -0.39 is 54.4 Å². The number of likely N-dealkylation sites (N-methyl/N-ethyl adjacent to an activating group) is 1. The van der Waals surface area contributed by atoms with Crippen molar-refractivity contribution in [2.75, 3.05) is 27.2 Å². The Labute approximate surface area is 183 Å². The van der Waals surface area contributed by atoms with Crippen LogP contribution in [0, 0.1) is 11.6 Å². The lowest BCUT2D eigenvalue weighted by Crippen LogP contribution is -2.48. The van der Waals surface area contributed by atoms with E-state index in [1.165, 1.54) is 12.1 Å². The van der Waals surface area contributed by atoms with Crippen molar-refractivity contribution in [3.63, 3.8) is 0 Å². The van der Waals surface area contributed by atoms with Crippen LogP contribution in [0.2, 0.25) is 0 Å². The smallest absolute Gasteiger partial charge is 0.339 e. The van der Waals surface area contributed by atoms with E-state index in [2.05, 4.69) is 0 Å². The molecule has 0 bridgehead atoms. The maximum absolute atomic E-state index is 13.5. The second kappa shape index (κ2) is 12.4. The summed E-state index contributed by atoms with van der Waals surface area (Å²) >= 11 is 0. The molecule has 0 unspecified atom stereocenters. The molecule has 0 fully saturated rings. The molecule has 11 heteroatoms. The molecule has 2 rings (SSSR count). The molecule has 0 amide bonds. The Balaban J connectivity index is 0.000000333. The van der Waals surface area contributed by atoms with Crippen LogP contribution in [0.3, 0.4) is 0 Å². The van der Waals surface area contributed by atoms with Crippen LogP contribution >= 0.6 is 0 Å². The van der Waals surface area contributed by atoms with Gasteiger partial charge in [0.15, 0.2) is 0 Å². The SMILES string of the molecule is CN(C)C[C@H](O)[C@@H](O)[C@H](O)[C@H](O)CO.O=C(O)c1cc(-c2ccc(F)cc2F)ccc1O. The van der Waals surface area contributed by atoms with E-state index in [9.17, 15) is 34.0 Å². The van der Waals surface area contributed by atoms with Gasteiger partial charge in [0.05, 0.1) is 12.7 Å². The summed E-state index contributed by atoms with van der Waals surface area (Å²) in [4.78, 5) is 12.5. The number of halogens is 2. The first-order valence-electron chi connectivity index (χ1n) is 9.38. The average molecular weight is 459 g/mol. The van der Waals surface area contributed by atoms with Crippen molar-refractivity contribution >= 4 is 5.97 Å². The van der Waals surface area contributed by atoms with E-state index in [1.54, 1.807) is 19.0 Å². The molecule has 2 aromatic rings. The normalized spacial score (nSPS) is 14.8. The highest BCUT2D eigenvalue weighted by molar-refractivity contribution is 5.92. The van der Waals surface area contributed by atoms with Gasteiger partial charge in [0, 0.05) is 18.2 Å². The first kappa shape index (κ1) is 27.4. The lowest BCUT2D eigenvalue weighted by molar-refractivity contribution is -0.117. The molecule has 178 valence electrons. The Kier molecular flexibility index (Phi) is 10.6. The van der Waals surface area contributed by atoms with Gasteiger partial charge in [-0.05, 0) is 43.9 Å².